The number of hydrogen-bond donors (Lipinski definition) is 2. The third kappa shape index (κ3) is 3.80. The second kappa shape index (κ2) is 7.69. The van der Waals surface area contributed by atoms with Crippen molar-refractivity contribution in [2.45, 2.75) is 11.3 Å². The van der Waals surface area contributed by atoms with Gasteiger partial charge in [-0.25, -0.2) is 18.5 Å². The number of sulfonamides is 1. The molecule has 9 heteroatoms. The Kier molecular flexibility index (Phi) is 5.06. The van der Waals surface area contributed by atoms with Crippen LogP contribution in [0.25, 0.3) is 11.3 Å². The Morgan fingerprint density at radius 2 is 1.70 bits per heavy atom. The van der Waals surface area contributed by atoms with Crippen LogP contribution in [-0.4, -0.2) is 31.2 Å². The van der Waals surface area contributed by atoms with Crippen molar-refractivity contribution in [2.24, 2.45) is 10.1 Å². The van der Waals surface area contributed by atoms with Crippen molar-refractivity contribution in [2.75, 3.05) is 12.8 Å². The maximum Gasteiger partial charge on any atom is 0.238 e. The first kappa shape index (κ1) is 19.7. The average molecular weight is 421 g/mol. The number of methoxy groups -OCH3 is 1. The number of ether oxygens (including phenoxy) is 1. The first-order valence-corrected chi connectivity index (χ1v) is 10.6. The molecule has 0 aliphatic carbocycles. The topological polar surface area (TPSA) is 134 Å². The molecular formula is C21H19N5O3S. The minimum absolute atomic E-state index is 0.0554. The van der Waals surface area contributed by atoms with Gasteiger partial charge in [0.2, 0.25) is 10.0 Å². The largest absolute Gasteiger partial charge is 0.493 e. The van der Waals surface area contributed by atoms with Gasteiger partial charge in [-0.2, -0.15) is 0 Å². The third-order valence-corrected chi connectivity index (χ3v) is 5.73. The molecule has 3 aromatic rings. The van der Waals surface area contributed by atoms with Gasteiger partial charge in [0, 0.05) is 36.1 Å². The van der Waals surface area contributed by atoms with E-state index in [1.54, 1.807) is 37.8 Å². The molecule has 1 aromatic carbocycles. The van der Waals surface area contributed by atoms with Crippen molar-refractivity contribution in [3.8, 4) is 5.75 Å². The molecule has 8 nitrogen and oxygen atoms in total. The van der Waals surface area contributed by atoms with Crippen molar-refractivity contribution in [1.82, 2.24) is 9.97 Å². The van der Waals surface area contributed by atoms with E-state index >= 15 is 0 Å². The normalized spacial score (nSPS) is 14.0. The molecule has 3 heterocycles. The molecule has 0 amide bonds. The molecule has 4 rings (SSSR count). The van der Waals surface area contributed by atoms with Crippen LogP contribution in [0.15, 0.2) is 70.9 Å². The summed E-state index contributed by atoms with van der Waals surface area (Å²) in [4.78, 5) is 13.2. The van der Waals surface area contributed by atoms with Gasteiger partial charge in [0.25, 0.3) is 0 Å². The third-order valence-electron chi connectivity index (χ3n) is 4.80. The Balaban J connectivity index is 1.78. The van der Waals surface area contributed by atoms with Gasteiger partial charge in [-0.3, -0.25) is 9.98 Å². The van der Waals surface area contributed by atoms with Gasteiger partial charge in [-0.05, 0) is 41.5 Å². The van der Waals surface area contributed by atoms with Gasteiger partial charge in [0.05, 0.1) is 23.4 Å². The average Bonchev–Trinajstić information content (AvgIpc) is 3.20. The molecule has 0 unspecified atom stereocenters. The van der Waals surface area contributed by atoms with Crippen molar-refractivity contribution in [3.63, 3.8) is 0 Å². The number of hydrogen-bond acceptors (Lipinski definition) is 7. The number of nitrogens with two attached hydrogens (primary N) is 2. The molecule has 2 aromatic heterocycles. The van der Waals surface area contributed by atoms with E-state index in [9.17, 15) is 8.42 Å². The minimum atomic E-state index is -3.75. The highest BCUT2D eigenvalue weighted by Crippen LogP contribution is 2.38. The highest BCUT2D eigenvalue weighted by atomic mass is 32.2. The number of pyridine rings is 2. The van der Waals surface area contributed by atoms with E-state index in [0.29, 0.717) is 18.0 Å². The zero-order valence-electron chi connectivity index (χ0n) is 16.1. The fourth-order valence-corrected chi connectivity index (χ4v) is 3.78. The molecule has 4 N–H and O–H groups in total. The summed E-state index contributed by atoms with van der Waals surface area (Å²) in [5.41, 5.74) is 11.0. The summed E-state index contributed by atoms with van der Waals surface area (Å²) in [7, 11) is -2.21. The van der Waals surface area contributed by atoms with Crippen LogP contribution >= 0.6 is 0 Å². The Labute approximate surface area is 174 Å². The summed E-state index contributed by atoms with van der Waals surface area (Å²) in [6.07, 6.45) is 5.63. The zero-order valence-corrected chi connectivity index (χ0v) is 16.9. The van der Waals surface area contributed by atoms with Gasteiger partial charge in [-0.1, -0.05) is 12.1 Å². The standard InChI is InChI=1S/C21H19N5O3S/c1-29-19-10-15(12-25-21(19)22)17-11-18(26-20(17)14-6-8-24-9-7-14)13-2-4-16(5-3-13)30(23,27)28/h2-10,12H,11H2,1H3,(H2,22,25)(H2,23,27,28). The number of anilines is 1. The summed E-state index contributed by atoms with van der Waals surface area (Å²) in [5.74, 6) is 0.796. The summed E-state index contributed by atoms with van der Waals surface area (Å²) in [5, 5.41) is 5.19. The molecule has 30 heavy (non-hydrogen) atoms. The lowest BCUT2D eigenvalue weighted by atomic mass is 9.97. The second-order valence-corrected chi connectivity index (χ2v) is 8.24. The highest BCUT2D eigenvalue weighted by Gasteiger charge is 2.23. The fraction of sp³-hybridized carbons (Fsp3) is 0.0952. The quantitative estimate of drug-likeness (QED) is 0.650. The SMILES string of the molecule is COc1cc(C2=C(c3ccncc3)N=C(c3ccc(S(N)(=O)=O)cc3)C2)cnc1N. The molecule has 152 valence electrons. The Hall–Kier alpha value is -3.56. The molecule has 0 bridgehead atoms. The summed E-state index contributed by atoms with van der Waals surface area (Å²) in [6.45, 7) is 0. The van der Waals surface area contributed by atoms with E-state index in [1.807, 2.05) is 18.2 Å². The maximum atomic E-state index is 11.5. The Morgan fingerprint density at radius 1 is 1.00 bits per heavy atom. The van der Waals surface area contributed by atoms with Crippen LogP contribution in [0.3, 0.4) is 0 Å². The number of aliphatic imine (C=N–C) groups is 1. The Morgan fingerprint density at radius 3 is 2.33 bits per heavy atom. The molecule has 0 atom stereocenters. The number of aromatic nitrogens is 2. The minimum Gasteiger partial charge on any atom is -0.493 e. The lowest BCUT2D eigenvalue weighted by Crippen LogP contribution is -2.12. The smallest absolute Gasteiger partial charge is 0.238 e. The van der Waals surface area contributed by atoms with Crippen LogP contribution in [0.5, 0.6) is 5.75 Å². The van der Waals surface area contributed by atoms with E-state index in [0.717, 1.165) is 33.7 Å². The number of primary sulfonamides is 1. The van der Waals surface area contributed by atoms with Crippen molar-refractivity contribution >= 4 is 32.8 Å². The highest BCUT2D eigenvalue weighted by molar-refractivity contribution is 7.89. The molecule has 0 fully saturated rings. The molecule has 1 aliphatic rings. The van der Waals surface area contributed by atoms with Gasteiger partial charge in [0.1, 0.15) is 0 Å². The number of nitrogen functional groups attached to an aromatic ring is 1. The fourth-order valence-electron chi connectivity index (χ4n) is 3.27. The predicted molar refractivity (Wildman–Crippen MR) is 115 cm³/mol. The first-order chi connectivity index (χ1) is 14.4. The van der Waals surface area contributed by atoms with Gasteiger partial charge < -0.3 is 10.5 Å². The maximum absolute atomic E-state index is 11.5. The lowest BCUT2D eigenvalue weighted by Gasteiger charge is -2.10. The number of rotatable bonds is 5. The predicted octanol–water partition coefficient (Wildman–Crippen LogP) is 2.48. The number of allylic oxidation sites excluding steroid dienone is 1. The second-order valence-electron chi connectivity index (χ2n) is 6.68. The van der Waals surface area contributed by atoms with E-state index in [1.165, 1.54) is 12.1 Å². The van der Waals surface area contributed by atoms with Crippen molar-refractivity contribution in [3.05, 3.63) is 77.7 Å². The molecule has 0 radical (unpaired) electrons. The van der Waals surface area contributed by atoms with E-state index in [2.05, 4.69) is 9.97 Å². The van der Waals surface area contributed by atoms with Crippen LogP contribution in [0.2, 0.25) is 0 Å². The van der Waals surface area contributed by atoms with Gasteiger partial charge in [0.15, 0.2) is 11.6 Å². The molecule has 0 saturated heterocycles. The summed E-state index contributed by atoms with van der Waals surface area (Å²) in [6, 6.07) is 12.0. The summed E-state index contributed by atoms with van der Waals surface area (Å²) >= 11 is 0. The van der Waals surface area contributed by atoms with Crippen LogP contribution in [0.4, 0.5) is 5.82 Å². The Bertz CT molecular complexity index is 1270. The van der Waals surface area contributed by atoms with Crippen LogP contribution in [0.1, 0.15) is 23.1 Å². The van der Waals surface area contributed by atoms with Crippen molar-refractivity contribution < 1.29 is 13.2 Å². The van der Waals surface area contributed by atoms with Crippen LogP contribution < -0.4 is 15.6 Å². The molecule has 0 saturated carbocycles. The molecular weight excluding hydrogens is 402 g/mol. The molecule has 1 aliphatic heterocycles. The molecule has 0 spiro atoms. The van der Waals surface area contributed by atoms with E-state index < -0.39 is 10.0 Å². The zero-order chi connectivity index (χ0) is 21.3. The van der Waals surface area contributed by atoms with E-state index in [-0.39, 0.29) is 4.90 Å². The summed E-state index contributed by atoms with van der Waals surface area (Å²) < 4.78 is 28.4. The van der Waals surface area contributed by atoms with Gasteiger partial charge in [-0.15, -0.1) is 0 Å². The van der Waals surface area contributed by atoms with Crippen molar-refractivity contribution in [1.29, 1.82) is 0 Å². The van der Waals surface area contributed by atoms with Crippen LogP contribution in [-0.2, 0) is 10.0 Å². The van der Waals surface area contributed by atoms with Gasteiger partial charge >= 0.3 is 0 Å². The first-order valence-electron chi connectivity index (χ1n) is 9.01. The van der Waals surface area contributed by atoms with Crippen LogP contribution in [0, 0.1) is 0 Å². The number of nitrogens with zero attached hydrogens (tertiary/aromatic N) is 3. The lowest BCUT2D eigenvalue weighted by molar-refractivity contribution is 0.415. The van der Waals surface area contributed by atoms with E-state index in [4.69, 9.17) is 20.6 Å². The monoisotopic (exact) mass is 421 g/mol. The number of benzene rings is 1.